The second-order valence-electron chi connectivity index (χ2n) is 15.8. The Kier molecular flexibility index (Phi) is 28.8. The molecule has 75 heavy (non-hydrogen) atoms. The van der Waals surface area contributed by atoms with Crippen LogP contribution >= 0.6 is 0 Å². The third kappa shape index (κ3) is 26.8. The number of aliphatic hydroxyl groups excluding tert-OH is 2. The van der Waals surface area contributed by atoms with Gasteiger partial charge in [-0.25, -0.2) is 4.79 Å². The third-order valence-corrected chi connectivity index (χ3v) is 9.61. The summed E-state index contributed by atoms with van der Waals surface area (Å²) in [5, 5.41) is 92.8. The number of carbonyl (C=O) groups is 17. The molecule has 0 radical (unpaired) electrons. The Balaban J connectivity index is 6.66. The molecule has 0 heterocycles. The molecule has 21 N–H and O–H groups in total. The minimum atomic E-state index is -2.30. The molecule has 0 unspecified atom stereocenters. The van der Waals surface area contributed by atoms with Crippen LogP contribution in [0, 0.1) is 0 Å². The van der Waals surface area contributed by atoms with Gasteiger partial charge < -0.3 is 100 Å². The van der Waals surface area contributed by atoms with E-state index in [1.807, 2.05) is 47.9 Å². The van der Waals surface area contributed by atoms with Crippen molar-refractivity contribution in [3.63, 3.8) is 0 Å². The molecule has 0 bridgehead atoms. The van der Waals surface area contributed by atoms with E-state index in [0.29, 0.717) is 0 Å². The van der Waals surface area contributed by atoms with Crippen LogP contribution in [0.3, 0.4) is 0 Å². The van der Waals surface area contributed by atoms with E-state index in [1.54, 1.807) is 0 Å². The van der Waals surface area contributed by atoms with Crippen molar-refractivity contribution in [2.45, 2.75) is 126 Å². The summed E-state index contributed by atoms with van der Waals surface area (Å²) in [5.74, 6) is -25.4. The molecule has 0 aromatic carbocycles. The van der Waals surface area contributed by atoms with E-state index in [9.17, 15) is 112 Å². The lowest BCUT2D eigenvalue weighted by Crippen LogP contribution is -2.61. The fourth-order valence-corrected chi connectivity index (χ4v) is 6.00. The van der Waals surface area contributed by atoms with Gasteiger partial charge in [-0.1, -0.05) is 0 Å². The highest BCUT2D eigenvalue weighted by molar-refractivity contribution is 6.00. The van der Waals surface area contributed by atoms with E-state index >= 15 is 0 Å². The van der Waals surface area contributed by atoms with E-state index in [2.05, 4.69) is 0 Å². The van der Waals surface area contributed by atoms with E-state index in [-0.39, 0.29) is 0 Å². The molecule has 0 fully saturated rings. The lowest BCUT2D eigenvalue weighted by molar-refractivity contribution is -0.144. The van der Waals surface area contributed by atoms with Crippen LogP contribution in [-0.2, 0) is 81.5 Å². The summed E-state index contributed by atoms with van der Waals surface area (Å²) in [6.07, 6.45) is -9.84. The molecule has 0 aromatic heterocycles. The van der Waals surface area contributed by atoms with Crippen LogP contribution in [-0.4, -0.2) is 209 Å². The average molecular weight is 1080 g/mol. The van der Waals surface area contributed by atoms with Gasteiger partial charge in [0, 0.05) is 26.2 Å². The molecule has 0 saturated carbocycles. The number of aliphatic carboxylic acids is 6. The quantitative estimate of drug-likeness (QED) is 0.0275. The van der Waals surface area contributed by atoms with Crippen molar-refractivity contribution >= 4 is 101 Å². The van der Waals surface area contributed by atoms with Crippen molar-refractivity contribution in [2.75, 3.05) is 13.2 Å². The van der Waals surface area contributed by atoms with Gasteiger partial charge in [0.15, 0.2) is 0 Å². The number of amides is 11. The molecule has 418 valence electrons. The van der Waals surface area contributed by atoms with Gasteiger partial charge >= 0.3 is 35.8 Å². The minimum absolute atomic E-state index is 0.726. The maximum absolute atomic E-state index is 13.5. The maximum atomic E-state index is 13.5. The van der Waals surface area contributed by atoms with Gasteiger partial charge in [-0.05, 0) is 19.3 Å². The lowest BCUT2D eigenvalue weighted by atomic mass is 10.1. The fourth-order valence-electron chi connectivity index (χ4n) is 6.00. The van der Waals surface area contributed by atoms with Crippen molar-refractivity contribution in [3.8, 4) is 0 Å². The number of carboxylic acids is 6. The monoisotopic (exact) mass is 1080 g/mol. The molecule has 36 nitrogen and oxygen atoms in total. The van der Waals surface area contributed by atoms with E-state index in [0.717, 1.165) is 6.92 Å². The Bertz CT molecular complexity index is 2210. The molecular formula is C39H57N11O25. The minimum Gasteiger partial charge on any atom is -0.481 e. The summed E-state index contributed by atoms with van der Waals surface area (Å²) in [4.78, 5) is 210. The summed E-state index contributed by atoms with van der Waals surface area (Å²) >= 11 is 0. The smallest absolute Gasteiger partial charge is 0.326 e. The van der Waals surface area contributed by atoms with Gasteiger partial charge in [0.25, 0.3) is 0 Å². The molecule has 0 aromatic rings. The predicted octanol–water partition coefficient (Wildman–Crippen LogP) is -10.3. The second kappa shape index (κ2) is 32.8. The summed E-state index contributed by atoms with van der Waals surface area (Å²) in [5.41, 5.74) is 10.2. The standard InChI is InChI=1S/C39H57N11O25/c1-14(53)42-22(12-51)37(72)45-16(3-6-27(58)59)32(67)47-20(11-30(64)65)36(71)46-18(8-24(40)54)34(69)50-23(13-52)38(73)48-19(10-29(62)63)35(70)44-15(2-5-26(56)57)31(66)43-17(4-7-28(60)61)33(68)49-21(39(74)75)9-25(41)55/h15-23,51-52H,2-13H2,1H3,(H2,40,54)(H2,41,55)(H,42,53)(H,43,66)(H,44,70)(H,45,72)(H,46,71)(H,47,67)(H,48,73)(H,49,68)(H,50,69)(H,56,57)(H,58,59)(H,60,61)(H,62,63)(H,64,65)(H,74,75)/t15-,16-,17-,18-,19-,20-,21-,22-,23-/m1/s1. The van der Waals surface area contributed by atoms with Crippen LogP contribution < -0.4 is 59.3 Å². The largest absolute Gasteiger partial charge is 0.481 e. The van der Waals surface area contributed by atoms with Crippen LogP contribution in [0.5, 0.6) is 0 Å². The van der Waals surface area contributed by atoms with Gasteiger partial charge in [-0.15, -0.1) is 0 Å². The SMILES string of the molecule is CC(=O)N[C@H](CO)C(=O)N[C@H](CCC(=O)O)C(=O)N[C@H](CC(=O)O)C(=O)N[C@H](CC(N)=O)C(=O)N[C@H](CO)C(=O)N[C@H](CC(=O)O)C(=O)N[C@H](CCC(=O)O)C(=O)N[C@H](CCC(=O)O)C(=O)N[C@H](CC(N)=O)C(=O)O. The highest BCUT2D eigenvalue weighted by Gasteiger charge is 2.37. The number of hydrogen-bond acceptors (Lipinski definition) is 19. The summed E-state index contributed by atoms with van der Waals surface area (Å²) < 4.78 is 0. The van der Waals surface area contributed by atoms with E-state index in [4.69, 9.17) is 21.7 Å². The van der Waals surface area contributed by atoms with Gasteiger partial charge in [0.2, 0.25) is 65.0 Å². The Morgan fingerprint density at radius 1 is 0.320 bits per heavy atom. The number of hydrogen-bond donors (Lipinski definition) is 19. The van der Waals surface area contributed by atoms with Crippen molar-refractivity contribution in [2.24, 2.45) is 11.5 Å². The molecule has 0 spiro atoms. The first-order valence-corrected chi connectivity index (χ1v) is 21.6. The lowest BCUT2D eigenvalue weighted by Gasteiger charge is -2.27. The highest BCUT2D eigenvalue weighted by atomic mass is 16.4. The maximum Gasteiger partial charge on any atom is 0.326 e. The predicted molar refractivity (Wildman–Crippen MR) is 238 cm³/mol. The zero-order valence-corrected chi connectivity index (χ0v) is 39.4. The first-order valence-electron chi connectivity index (χ1n) is 21.6. The van der Waals surface area contributed by atoms with Gasteiger partial charge in [0.1, 0.15) is 54.4 Å². The molecule has 36 heteroatoms. The first kappa shape index (κ1) is 65.9. The molecule has 11 amide bonds. The summed E-state index contributed by atoms with van der Waals surface area (Å²) in [6, 6.07) is -18.6. The molecular weight excluding hydrogens is 1020 g/mol. The number of carbonyl (C=O) groups excluding carboxylic acids is 11. The van der Waals surface area contributed by atoms with E-state index < -0.39 is 233 Å². The van der Waals surface area contributed by atoms with Crippen LogP contribution in [0.25, 0.3) is 0 Å². The zero-order chi connectivity index (χ0) is 57.9. The Labute approximate surface area is 420 Å². The Hall–Kier alpha value is -9.09. The number of aliphatic hydroxyl groups is 2. The molecule has 0 aliphatic rings. The number of nitrogens with two attached hydrogens (primary N) is 2. The highest BCUT2D eigenvalue weighted by Crippen LogP contribution is 2.08. The third-order valence-electron chi connectivity index (χ3n) is 9.61. The Morgan fingerprint density at radius 2 is 0.547 bits per heavy atom. The van der Waals surface area contributed by atoms with Crippen LogP contribution in [0.2, 0.25) is 0 Å². The molecule has 0 saturated heterocycles. The molecule has 9 atom stereocenters. The molecule has 0 aliphatic carbocycles. The van der Waals surface area contributed by atoms with Crippen LogP contribution in [0.1, 0.15) is 71.1 Å². The second-order valence-corrected chi connectivity index (χ2v) is 15.8. The normalized spacial score (nSPS) is 14.2. The van der Waals surface area contributed by atoms with E-state index in [1.165, 1.54) is 0 Å². The van der Waals surface area contributed by atoms with Crippen molar-refractivity contribution in [1.82, 2.24) is 47.9 Å². The van der Waals surface area contributed by atoms with Crippen LogP contribution in [0.4, 0.5) is 0 Å². The van der Waals surface area contributed by atoms with Crippen molar-refractivity contribution < 1.29 is 122 Å². The molecule has 0 rings (SSSR count). The van der Waals surface area contributed by atoms with Gasteiger partial charge in [-0.2, -0.15) is 0 Å². The number of nitrogens with one attached hydrogen (secondary N) is 9. The van der Waals surface area contributed by atoms with Crippen molar-refractivity contribution in [3.05, 3.63) is 0 Å². The molecule has 0 aliphatic heterocycles. The number of carboxylic acid groups (broad SMARTS) is 6. The van der Waals surface area contributed by atoms with Crippen molar-refractivity contribution in [1.29, 1.82) is 0 Å². The zero-order valence-electron chi connectivity index (χ0n) is 39.4. The van der Waals surface area contributed by atoms with Crippen LogP contribution in [0.15, 0.2) is 0 Å². The van der Waals surface area contributed by atoms with Gasteiger partial charge in [-0.3, -0.25) is 76.7 Å². The fraction of sp³-hybridized carbons (Fsp3) is 0.564. The number of rotatable bonds is 37. The average Bonchev–Trinajstić information content (AvgIpc) is 3.28. The summed E-state index contributed by atoms with van der Waals surface area (Å²) in [7, 11) is 0. The first-order chi connectivity index (χ1) is 34.8. The number of primary amides is 2. The topological polar surface area (TPSA) is 612 Å². The Morgan fingerprint density at radius 3 is 0.800 bits per heavy atom. The van der Waals surface area contributed by atoms with Gasteiger partial charge in [0.05, 0.1) is 38.9 Å². The summed E-state index contributed by atoms with van der Waals surface area (Å²) in [6.45, 7) is -1.49.